The summed E-state index contributed by atoms with van der Waals surface area (Å²) in [5, 5.41) is 0. The largest absolute Gasteiger partial charge is 0.489 e. The number of halogens is 1. The summed E-state index contributed by atoms with van der Waals surface area (Å²) in [5.74, 6) is 0.646. The van der Waals surface area contributed by atoms with Crippen molar-refractivity contribution in [2.24, 2.45) is 0 Å². The Morgan fingerprint density at radius 1 is 1.26 bits per heavy atom. The molecule has 19 heavy (non-hydrogen) atoms. The van der Waals surface area contributed by atoms with Crippen LogP contribution in [-0.4, -0.2) is 5.78 Å². The molecule has 0 saturated heterocycles. The monoisotopic (exact) mass is 367 g/mol. The fourth-order valence-corrected chi connectivity index (χ4v) is 2.80. The average Bonchev–Trinajstić information content (AvgIpc) is 2.36. The molecular formula is C15H14INO2. The minimum Gasteiger partial charge on any atom is -0.489 e. The summed E-state index contributed by atoms with van der Waals surface area (Å²) in [6, 6.07) is 13.4. The van der Waals surface area contributed by atoms with Gasteiger partial charge in [-0.25, -0.2) is 0 Å². The van der Waals surface area contributed by atoms with E-state index in [2.05, 4.69) is 22.6 Å². The van der Waals surface area contributed by atoms with Gasteiger partial charge in [0, 0.05) is 15.3 Å². The van der Waals surface area contributed by atoms with Gasteiger partial charge < -0.3 is 10.5 Å². The Hall–Kier alpha value is -1.56. The number of ether oxygens (including phenoxy) is 1. The summed E-state index contributed by atoms with van der Waals surface area (Å²) in [6.45, 7) is 1.99. The topological polar surface area (TPSA) is 52.3 Å². The molecule has 0 radical (unpaired) electrons. The van der Waals surface area contributed by atoms with E-state index in [1.165, 1.54) is 6.92 Å². The molecule has 0 spiro atoms. The molecule has 2 aromatic rings. The van der Waals surface area contributed by atoms with Crippen LogP contribution in [0.5, 0.6) is 5.75 Å². The van der Waals surface area contributed by atoms with Crippen molar-refractivity contribution in [1.82, 2.24) is 0 Å². The Morgan fingerprint density at radius 3 is 2.53 bits per heavy atom. The third-order valence-electron chi connectivity index (χ3n) is 2.69. The number of ketones is 1. The minimum atomic E-state index is -0.0310. The van der Waals surface area contributed by atoms with Crippen molar-refractivity contribution in [2.75, 3.05) is 5.73 Å². The molecule has 0 saturated carbocycles. The Labute approximate surface area is 125 Å². The zero-order valence-corrected chi connectivity index (χ0v) is 12.7. The van der Waals surface area contributed by atoms with Gasteiger partial charge in [0.25, 0.3) is 0 Å². The zero-order valence-electron chi connectivity index (χ0n) is 10.5. The maximum atomic E-state index is 11.5. The fraction of sp³-hybridized carbons (Fsp3) is 0.133. The number of Topliss-reactive ketones (excluding diaryl/α,β-unsaturated/α-hetero) is 1. The first-order chi connectivity index (χ1) is 9.08. The number of nitrogen functional groups attached to an aromatic ring is 1. The van der Waals surface area contributed by atoms with E-state index in [9.17, 15) is 4.79 Å². The highest BCUT2D eigenvalue weighted by molar-refractivity contribution is 14.1. The van der Waals surface area contributed by atoms with E-state index in [1.54, 1.807) is 6.07 Å². The van der Waals surface area contributed by atoms with Gasteiger partial charge in [-0.05, 0) is 41.1 Å². The maximum Gasteiger partial charge on any atom is 0.162 e. The SMILES string of the molecule is CC(=O)c1c(N)cc(OCc2ccccc2)cc1I. The molecule has 2 N–H and O–H groups in total. The van der Waals surface area contributed by atoms with Gasteiger partial charge in [0.15, 0.2) is 5.78 Å². The minimum absolute atomic E-state index is 0.0310. The number of hydrogen-bond acceptors (Lipinski definition) is 3. The van der Waals surface area contributed by atoms with Crippen molar-refractivity contribution in [3.05, 3.63) is 57.2 Å². The van der Waals surface area contributed by atoms with Crippen molar-refractivity contribution in [3.63, 3.8) is 0 Å². The smallest absolute Gasteiger partial charge is 0.162 e. The molecule has 0 aliphatic carbocycles. The van der Waals surface area contributed by atoms with Crippen LogP contribution in [0.1, 0.15) is 22.8 Å². The first-order valence-corrected chi connectivity index (χ1v) is 6.92. The van der Waals surface area contributed by atoms with Gasteiger partial charge in [0.2, 0.25) is 0 Å². The molecule has 0 aliphatic rings. The zero-order chi connectivity index (χ0) is 13.8. The van der Waals surface area contributed by atoms with E-state index >= 15 is 0 Å². The van der Waals surface area contributed by atoms with E-state index in [0.29, 0.717) is 23.6 Å². The highest BCUT2D eigenvalue weighted by Gasteiger charge is 2.11. The second kappa shape index (κ2) is 6.06. The van der Waals surface area contributed by atoms with E-state index in [4.69, 9.17) is 10.5 Å². The molecule has 0 unspecified atom stereocenters. The quantitative estimate of drug-likeness (QED) is 0.510. The molecule has 98 valence electrons. The van der Waals surface area contributed by atoms with E-state index < -0.39 is 0 Å². The molecule has 0 bridgehead atoms. The van der Waals surface area contributed by atoms with Crippen molar-refractivity contribution < 1.29 is 9.53 Å². The molecule has 2 rings (SSSR count). The molecule has 4 heteroatoms. The van der Waals surface area contributed by atoms with E-state index in [-0.39, 0.29) is 5.78 Å². The molecular weight excluding hydrogens is 353 g/mol. The summed E-state index contributed by atoms with van der Waals surface area (Å²) in [5.41, 5.74) is 8.00. The van der Waals surface area contributed by atoms with Gasteiger partial charge in [-0.3, -0.25) is 4.79 Å². The normalized spacial score (nSPS) is 10.2. The lowest BCUT2D eigenvalue weighted by atomic mass is 10.1. The third-order valence-corrected chi connectivity index (χ3v) is 3.55. The molecule has 0 atom stereocenters. The van der Waals surface area contributed by atoms with Gasteiger partial charge in [0.1, 0.15) is 12.4 Å². The first-order valence-electron chi connectivity index (χ1n) is 5.84. The van der Waals surface area contributed by atoms with Crippen LogP contribution >= 0.6 is 22.6 Å². The Kier molecular flexibility index (Phi) is 4.42. The number of hydrogen-bond donors (Lipinski definition) is 1. The standard InChI is InChI=1S/C15H14INO2/c1-10(18)15-13(16)7-12(8-14(15)17)19-9-11-5-3-2-4-6-11/h2-8H,9,17H2,1H3. The molecule has 0 amide bonds. The van der Waals surface area contributed by atoms with E-state index in [0.717, 1.165) is 9.13 Å². The van der Waals surface area contributed by atoms with Crippen LogP contribution in [0.25, 0.3) is 0 Å². The predicted molar refractivity (Wildman–Crippen MR) is 84.3 cm³/mol. The second-order valence-electron chi connectivity index (χ2n) is 4.20. The Morgan fingerprint density at radius 2 is 1.95 bits per heavy atom. The van der Waals surface area contributed by atoms with Crippen LogP contribution in [0.4, 0.5) is 5.69 Å². The summed E-state index contributed by atoms with van der Waals surface area (Å²) >= 11 is 2.10. The first kappa shape index (κ1) is 13.9. The number of carbonyl (C=O) groups is 1. The van der Waals surface area contributed by atoms with Crippen LogP contribution in [0, 0.1) is 3.57 Å². The number of benzene rings is 2. The van der Waals surface area contributed by atoms with Gasteiger partial charge >= 0.3 is 0 Å². The highest BCUT2D eigenvalue weighted by Crippen LogP contribution is 2.27. The molecule has 0 heterocycles. The molecule has 3 nitrogen and oxygen atoms in total. The van der Waals surface area contributed by atoms with Crippen LogP contribution in [-0.2, 0) is 6.61 Å². The Balaban J connectivity index is 2.16. The van der Waals surface area contributed by atoms with Gasteiger partial charge in [-0.2, -0.15) is 0 Å². The van der Waals surface area contributed by atoms with Crippen molar-refractivity contribution in [3.8, 4) is 5.75 Å². The number of nitrogens with two attached hydrogens (primary N) is 1. The third kappa shape index (κ3) is 3.47. The molecule has 0 fully saturated rings. The second-order valence-corrected chi connectivity index (χ2v) is 5.36. The number of carbonyl (C=O) groups excluding carboxylic acids is 1. The van der Waals surface area contributed by atoms with Crippen molar-refractivity contribution >= 4 is 34.1 Å². The number of anilines is 1. The highest BCUT2D eigenvalue weighted by atomic mass is 127. The van der Waals surface area contributed by atoms with E-state index in [1.807, 2.05) is 36.4 Å². The average molecular weight is 367 g/mol. The van der Waals surface area contributed by atoms with Crippen LogP contribution in [0.2, 0.25) is 0 Å². The fourth-order valence-electron chi connectivity index (χ4n) is 1.80. The van der Waals surface area contributed by atoms with Crippen molar-refractivity contribution in [2.45, 2.75) is 13.5 Å². The lowest BCUT2D eigenvalue weighted by Crippen LogP contribution is -2.04. The number of rotatable bonds is 4. The summed E-state index contributed by atoms with van der Waals surface area (Å²) in [4.78, 5) is 11.5. The van der Waals surface area contributed by atoms with Gasteiger partial charge in [-0.15, -0.1) is 0 Å². The molecule has 2 aromatic carbocycles. The molecule has 0 aromatic heterocycles. The van der Waals surface area contributed by atoms with Crippen LogP contribution < -0.4 is 10.5 Å². The van der Waals surface area contributed by atoms with Gasteiger partial charge in [0.05, 0.1) is 5.56 Å². The molecule has 0 aliphatic heterocycles. The van der Waals surface area contributed by atoms with Crippen LogP contribution in [0.3, 0.4) is 0 Å². The van der Waals surface area contributed by atoms with Crippen molar-refractivity contribution in [1.29, 1.82) is 0 Å². The van der Waals surface area contributed by atoms with Crippen LogP contribution in [0.15, 0.2) is 42.5 Å². The lowest BCUT2D eigenvalue weighted by Gasteiger charge is -2.10. The lowest BCUT2D eigenvalue weighted by molar-refractivity contribution is 0.101. The Bertz CT molecular complexity index is 573. The maximum absolute atomic E-state index is 11.5. The summed E-state index contributed by atoms with van der Waals surface area (Å²) in [6.07, 6.45) is 0. The van der Waals surface area contributed by atoms with Gasteiger partial charge in [-0.1, -0.05) is 30.3 Å². The summed E-state index contributed by atoms with van der Waals surface area (Å²) in [7, 11) is 0. The predicted octanol–water partition coefficient (Wildman–Crippen LogP) is 3.66. The summed E-state index contributed by atoms with van der Waals surface area (Å²) < 4.78 is 6.51.